The molecule has 0 spiro atoms. The van der Waals surface area contributed by atoms with Crippen molar-refractivity contribution in [2.24, 2.45) is 0 Å². The quantitative estimate of drug-likeness (QED) is 0.645. The van der Waals surface area contributed by atoms with Gasteiger partial charge in [-0.3, -0.25) is 19.8 Å². The zero-order valence-electron chi connectivity index (χ0n) is 11.2. The van der Waals surface area contributed by atoms with Gasteiger partial charge in [0.1, 0.15) is 0 Å². The number of carbonyl (C=O) groups excluding carboxylic acids is 1. The largest absolute Gasteiger partial charge is 0.322 e. The van der Waals surface area contributed by atoms with Gasteiger partial charge in [0.15, 0.2) is 0 Å². The average molecular weight is 320 g/mol. The molecule has 6 nitrogen and oxygen atoms in total. The third-order valence-electron chi connectivity index (χ3n) is 2.76. The van der Waals surface area contributed by atoms with Crippen LogP contribution in [-0.4, -0.2) is 35.4 Å². The minimum absolute atomic E-state index is 0.0390. The fraction of sp³-hybridized carbons (Fsp3) is 0.417. The van der Waals surface area contributed by atoms with Crippen LogP contribution < -0.4 is 5.32 Å². The Morgan fingerprint density at radius 1 is 1.30 bits per heavy atom. The monoisotopic (exact) mass is 319 g/mol. The second kappa shape index (κ2) is 7.42. The van der Waals surface area contributed by atoms with Gasteiger partial charge in [-0.2, -0.15) is 0 Å². The van der Waals surface area contributed by atoms with Crippen molar-refractivity contribution in [1.82, 2.24) is 4.90 Å². The first-order valence-electron chi connectivity index (χ1n) is 6.04. The lowest BCUT2D eigenvalue weighted by Crippen LogP contribution is -2.33. The van der Waals surface area contributed by atoms with Crippen LogP contribution in [0.1, 0.15) is 13.8 Å². The molecule has 0 fully saturated rings. The number of anilines is 1. The van der Waals surface area contributed by atoms with Crippen LogP contribution in [0.3, 0.4) is 0 Å². The number of amides is 1. The Kier molecular flexibility index (Phi) is 6.19. The number of carbonyl (C=O) groups is 1. The molecule has 20 heavy (non-hydrogen) atoms. The van der Waals surface area contributed by atoms with Gasteiger partial charge in [-0.1, -0.05) is 37.0 Å². The van der Waals surface area contributed by atoms with Crippen LogP contribution >= 0.6 is 23.2 Å². The van der Waals surface area contributed by atoms with E-state index < -0.39 is 4.92 Å². The number of nitro benzene ring substituents is 1. The minimum Gasteiger partial charge on any atom is -0.322 e. The molecule has 1 rings (SSSR count). The van der Waals surface area contributed by atoms with Gasteiger partial charge in [0.25, 0.3) is 5.69 Å². The molecule has 0 aromatic heterocycles. The van der Waals surface area contributed by atoms with Gasteiger partial charge in [0.05, 0.1) is 27.2 Å². The van der Waals surface area contributed by atoms with E-state index in [1.807, 2.05) is 18.7 Å². The van der Waals surface area contributed by atoms with Gasteiger partial charge in [0.2, 0.25) is 5.91 Å². The number of nitro groups is 1. The Balaban J connectivity index is 2.88. The van der Waals surface area contributed by atoms with E-state index in [2.05, 4.69) is 5.32 Å². The number of benzene rings is 1. The molecule has 0 radical (unpaired) electrons. The highest BCUT2D eigenvalue weighted by atomic mass is 35.5. The fourth-order valence-electron chi connectivity index (χ4n) is 1.61. The first-order chi connectivity index (χ1) is 9.38. The third kappa shape index (κ3) is 4.33. The summed E-state index contributed by atoms with van der Waals surface area (Å²) in [4.78, 5) is 23.8. The second-order valence-corrected chi connectivity index (χ2v) is 4.87. The summed E-state index contributed by atoms with van der Waals surface area (Å²) in [5, 5.41) is 13.3. The van der Waals surface area contributed by atoms with Crippen LogP contribution in [0.5, 0.6) is 0 Å². The maximum Gasteiger partial charge on any atom is 0.272 e. The van der Waals surface area contributed by atoms with Crippen molar-refractivity contribution in [1.29, 1.82) is 0 Å². The molecule has 0 atom stereocenters. The maximum absolute atomic E-state index is 11.9. The van der Waals surface area contributed by atoms with E-state index in [4.69, 9.17) is 23.2 Å². The van der Waals surface area contributed by atoms with Crippen LogP contribution in [0.2, 0.25) is 10.0 Å². The molecular formula is C12H15Cl2N3O3. The molecule has 1 N–H and O–H groups in total. The lowest BCUT2D eigenvalue weighted by Gasteiger charge is -2.17. The SMILES string of the molecule is CCN(CC)CC(=O)Nc1c(Cl)cc([N+](=O)[O-])cc1Cl. The highest BCUT2D eigenvalue weighted by Crippen LogP contribution is 2.34. The summed E-state index contributed by atoms with van der Waals surface area (Å²) in [5.41, 5.74) is -0.0298. The summed E-state index contributed by atoms with van der Waals surface area (Å²) in [5.74, 6) is -0.272. The highest BCUT2D eigenvalue weighted by molar-refractivity contribution is 6.40. The zero-order valence-corrected chi connectivity index (χ0v) is 12.7. The molecule has 1 aromatic rings. The van der Waals surface area contributed by atoms with Gasteiger partial charge < -0.3 is 5.32 Å². The Morgan fingerprint density at radius 3 is 2.20 bits per heavy atom. The van der Waals surface area contributed by atoms with E-state index in [1.54, 1.807) is 0 Å². The van der Waals surface area contributed by atoms with Crippen molar-refractivity contribution in [2.45, 2.75) is 13.8 Å². The first kappa shape index (κ1) is 16.7. The van der Waals surface area contributed by atoms with Gasteiger partial charge in [-0.05, 0) is 13.1 Å². The molecule has 1 amide bonds. The lowest BCUT2D eigenvalue weighted by molar-refractivity contribution is -0.384. The Morgan fingerprint density at radius 2 is 1.80 bits per heavy atom. The normalized spacial score (nSPS) is 10.7. The van der Waals surface area contributed by atoms with E-state index in [0.29, 0.717) is 0 Å². The lowest BCUT2D eigenvalue weighted by atomic mass is 10.2. The summed E-state index contributed by atoms with van der Waals surface area (Å²) in [6, 6.07) is 2.31. The molecule has 0 saturated heterocycles. The minimum atomic E-state index is -0.598. The third-order valence-corrected chi connectivity index (χ3v) is 3.36. The molecule has 0 heterocycles. The number of halogens is 2. The van der Waals surface area contributed by atoms with Crippen LogP contribution in [0.4, 0.5) is 11.4 Å². The topological polar surface area (TPSA) is 75.5 Å². The molecule has 0 unspecified atom stereocenters. The van der Waals surface area contributed by atoms with E-state index in [-0.39, 0.29) is 33.9 Å². The molecular weight excluding hydrogens is 305 g/mol. The molecule has 0 aliphatic heterocycles. The smallest absolute Gasteiger partial charge is 0.272 e. The number of rotatable bonds is 6. The van der Waals surface area contributed by atoms with Gasteiger partial charge in [0, 0.05) is 12.1 Å². The number of likely N-dealkylation sites (N-methyl/N-ethyl adjacent to an activating group) is 1. The van der Waals surface area contributed by atoms with Crippen molar-refractivity contribution in [3.05, 3.63) is 32.3 Å². The molecule has 0 bridgehead atoms. The molecule has 1 aromatic carbocycles. The maximum atomic E-state index is 11.9. The van der Waals surface area contributed by atoms with Crippen LogP contribution in [-0.2, 0) is 4.79 Å². The van der Waals surface area contributed by atoms with Crippen molar-refractivity contribution in [3.8, 4) is 0 Å². The van der Waals surface area contributed by atoms with Crippen molar-refractivity contribution < 1.29 is 9.72 Å². The van der Waals surface area contributed by atoms with E-state index >= 15 is 0 Å². The van der Waals surface area contributed by atoms with Gasteiger partial charge in [-0.15, -0.1) is 0 Å². The molecule has 0 aliphatic rings. The standard InChI is InChI=1S/C12H15Cl2N3O3/c1-3-16(4-2)7-11(18)15-12-9(13)5-8(17(19)20)6-10(12)14/h5-6H,3-4,7H2,1-2H3,(H,15,18). The van der Waals surface area contributed by atoms with Crippen molar-refractivity contribution in [3.63, 3.8) is 0 Å². The van der Waals surface area contributed by atoms with E-state index in [0.717, 1.165) is 25.2 Å². The summed E-state index contributed by atoms with van der Waals surface area (Å²) in [7, 11) is 0. The fourth-order valence-corrected chi connectivity index (χ4v) is 2.18. The Bertz CT molecular complexity index is 496. The summed E-state index contributed by atoms with van der Waals surface area (Å²) in [6.07, 6.45) is 0. The number of nitrogens with one attached hydrogen (secondary N) is 1. The van der Waals surface area contributed by atoms with Crippen molar-refractivity contribution >= 4 is 40.5 Å². The van der Waals surface area contributed by atoms with Crippen LogP contribution in [0.15, 0.2) is 12.1 Å². The molecule has 0 saturated carbocycles. The Hall–Kier alpha value is -1.37. The summed E-state index contributed by atoms with van der Waals surface area (Å²) < 4.78 is 0. The highest BCUT2D eigenvalue weighted by Gasteiger charge is 2.17. The second-order valence-electron chi connectivity index (χ2n) is 4.05. The number of non-ortho nitro benzene ring substituents is 1. The van der Waals surface area contributed by atoms with Gasteiger partial charge in [-0.25, -0.2) is 0 Å². The van der Waals surface area contributed by atoms with Crippen LogP contribution in [0.25, 0.3) is 0 Å². The van der Waals surface area contributed by atoms with E-state index in [1.165, 1.54) is 0 Å². The molecule has 0 aliphatic carbocycles. The summed E-state index contributed by atoms with van der Waals surface area (Å²) in [6.45, 7) is 5.58. The number of hydrogen-bond donors (Lipinski definition) is 1. The summed E-state index contributed by atoms with van der Waals surface area (Å²) >= 11 is 11.8. The number of nitrogens with zero attached hydrogens (tertiary/aromatic N) is 2. The van der Waals surface area contributed by atoms with Gasteiger partial charge >= 0.3 is 0 Å². The Labute approximate surface area is 126 Å². The first-order valence-corrected chi connectivity index (χ1v) is 6.80. The van der Waals surface area contributed by atoms with Crippen LogP contribution in [0, 0.1) is 10.1 Å². The predicted octanol–water partition coefficient (Wildman–Crippen LogP) is 3.18. The van der Waals surface area contributed by atoms with E-state index in [9.17, 15) is 14.9 Å². The average Bonchev–Trinajstić information content (AvgIpc) is 2.39. The number of hydrogen-bond acceptors (Lipinski definition) is 4. The molecule has 110 valence electrons. The molecule has 8 heteroatoms. The zero-order chi connectivity index (χ0) is 15.3. The van der Waals surface area contributed by atoms with Crippen molar-refractivity contribution in [2.75, 3.05) is 25.0 Å². The predicted molar refractivity (Wildman–Crippen MR) is 79.5 cm³/mol.